The average Bonchev–Trinajstić information content (AvgIpc) is 3.23. The molecule has 136 valence electrons. The zero-order valence-electron chi connectivity index (χ0n) is 14.3. The van der Waals surface area contributed by atoms with E-state index >= 15 is 0 Å². The first-order valence-corrected chi connectivity index (χ1v) is 8.80. The summed E-state index contributed by atoms with van der Waals surface area (Å²) in [6.07, 6.45) is 6.14. The van der Waals surface area contributed by atoms with Gasteiger partial charge < -0.3 is 14.5 Å². The molecule has 0 saturated carbocycles. The lowest BCUT2D eigenvalue weighted by Crippen LogP contribution is -2.42. The summed E-state index contributed by atoms with van der Waals surface area (Å²) < 4.78 is 19.7. The molecule has 2 aromatic rings. The Morgan fingerprint density at radius 2 is 2.04 bits per heavy atom. The van der Waals surface area contributed by atoms with E-state index in [1.165, 1.54) is 12.3 Å². The summed E-state index contributed by atoms with van der Waals surface area (Å²) in [4.78, 5) is 29.1. The Morgan fingerprint density at radius 1 is 1.19 bits per heavy atom. The van der Waals surface area contributed by atoms with E-state index in [2.05, 4.69) is 19.9 Å². The van der Waals surface area contributed by atoms with E-state index in [0.29, 0.717) is 25.6 Å². The first kappa shape index (κ1) is 16.8. The molecule has 7 nitrogen and oxygen atoms in total. The van der Waals surface area contributed by atoms with Crippen molar-refractivity contribution in [2.75, 3.05) is 37.7 Å². The van der Waals surface area contributed by atoms with Crippen LogP contribution >= 0.6 is 0 Å². The predicted octanol–water partition coefficient (Wildman–Crippen LogP) is 1.82. The van der Waals surface area contributed by atoms with Crippen molar-refractivity contribution in [2.24, 2.45) is 0 Å². The van der Waals surface area contributed by atoms with Gasteiger partial charge in [0.1, 0.15) is 6.10 Å². The topological polar surface area (TPSA) is 71.5 Å². The molecule has 4 rings (SSSR count). The van der Waals surface area contributed by atoms with Gasteiger partial charge in [-0.25, -0.2) is 14.4 Å². The van der Waals surface area contributed by atoms with E-state index in [1.807, 2.05) is 6.07 Å². The number of aromatic nitrogens is 3. The lowest BCUT2D eigenvalue weighted by atomic mass is 10.1. The molecule has 0 aromatic carbocycles. The molecule has 2 saturated heterocycles. The maximum absolute atomic E-state index is 13.9. The quantitative estimate of drug-likeness (QED) is 0.835. The predicted molar refractivity (Wildman–Crippen MR) is 92.3 cm³/mol. The van der Waals surface area contributed by atoms with Crippen LogP contribution in [-0.2, 0) is 4.74 Å². The Morgan fingerprint density at radius 3 is 2.85 bits per heavy atom. The molecule has 2 aliphatic rings. The second kappa shape index (κ2) is 7.33. The van der Waals surface area contributed by atoms with E-state index < -0.39 is 5.82 Å². The van der Waals surface area contributed by atoms with Crippen molar-refractivity contribution in [3.63, 3.8) is 0 Å². The maximum atomic E-state index is 13.9. The van der Waals surface area contributed by atoms with Crippen LogP contribution in [0.15, 0.2) is 30.7 Å². The second-order valence-electron chi connectivity index (χ2n) is 6.44. The highest BCUT2D eigenvalue weighted by atomic mass is 19.1. The summed E-state index contributed by atoms with van der Waals surface area (Å²) in [6, 6.07) is 3.21. The van der Waals surface area contributed by atoms with Gasteiger partial charge in [0.2, 0.25) is 5.95 Å². The van der Waals surface area contributed by atoms with Crippen molar-refractivity contribution in [2.45, 2.75) is 18.9 Å². The molecule has 0 spiro atoms. The fraction of sp³-hybridized carbons (Fsp3) is 0.444. The molecule has 8 heteroatoms. The van der Waals surface area contributed by atoms with Gasteiger partial charge in [0.15, 0.2) is 5.82 Å². The largest absolute Gasteiger partial charge is 0.368 e. The monoisotopic (exact) mass is 357 g/mol. The molecule has 1 atom stereocenters. The third-order valence-corrected chi connectivity index (χ3v) is 4.74. The average molecular weight is 357 g/mol. The molecule has 0 unspecified atom stereocenters. The van der Waals surface area contributed by atoms with Crippen molar-refractivity contribution in [1.82, 2.24) is 19.9 Å². The van der Waals surface area contributed by atoms with Crippen LogP contribution in [0.25, 0.3) is 0 Å². The molecule has 2 aliphatic heterocycles. The summed E-state index contributed by atoms with van der Waals surface area (Å²) in [5.74, 6) is -0.266. The van der Waals surface area contributed by atoms with E-state index in [9.17, 15) is 9.18 Å². The van der Waals surface area contributed by atoms with Crippen LogP contribution in [-0.4, -0.2) is 58.5 Å². The fourth-order valence-electron chi connectivity index (χ4n) is 3.34. The molecule has 2 fully saturated rings. The van der Waals surface area contributed by atoms with Crippen molar-refractivity contribution in [1.29, 1.82) is 0 Å². The molecular weight excluding hydrogens is 337 g/mol. The second-order valence-corrected chi connectivity index (χ2v) is 6.44. The van der Waals surface area contributed by atoms with Gasteiger partial charge in [-0.15, -0.1) is 0 Å². The van der Waals surface area contributed by atoms with Crippen molar-refractivity contribution < 1.29 is 13.9 Å². The summed E-state index contributed by atoms with van der Waals surface area (Å²) in [6.45, 7) is 3.05. The van der Waals surface area contributed by atoms with Crippen LogP contribution in [0, 0.1) is 5.82 Å². The third kappa shape index (κ3) is 3.37. The lowest BCUT2D eigenvalue weighted by molar-refractivity contribution is -0.0248. The van der Waals surface area contributed by atoms with Crippen LogP contribution in [0.4, 0.5) is 10.3 Å². The number of pyridine rings is 1. The number of hydrogen-bond donors (Lipinski definition) is 0. The van der Waals surface area contributed by atoms with Gasteiger partial charge >= 0.3 is 0 Å². The SMILES string of the molecule is O=C(c1ccncc1F)N1CCO[C@@H](c2ccnc(N3CCCC3)n2)C1. The summed E-state index contributed by atoms with van der Waals surface area (Å²) in [5.41, 5.74) is 0.774. The molecule has 0 bridgehead atoms. The van der Waals surface area contributed by atoms with Gasteiger partial charge in [0.05, 0.1) is 30.6 Å². The molecular formula is C18H20FN5O2. The summed E-state index contributed by atoms with van der Waals surface area (Å²) in [5, 5.41) is 0. The Bertz CT molecular complexity index is 797. The van der Waals surface area contributed by atoms with E-state index in [4.69, 9.17) is 4.74 Å². The summed E-state index contributed by atoms with van der Waals surface area (Å²) >= 11 is 0. The van der Waals surface area contributed by atoms with Crippen LogP contribution in [0.2, 0.25) is 0 Å². The Labute approximate surface area is 150 Å². The number of carbonyl (C=O) groups excluding carboxylic acids is 1. The molecule has 1 amide bonds. The van der Waals surface area contributed by atoms with Crippen LogP contribution in [0.3, 0.4) is 0 Å². The van der Waals surface area contributed by atoms with Crippen molar-refractivity contribution >= 4 is 11.9 Å². The van der Waals surface area contributed by atoms with Crippen LogP contribution in [0.1, 0.15) is 35.0 Å². The Hall–Kier alpha value is -2.61. The fourth-order valence-corrected chi connectivity index (χ4v) is 3.34. The molecule has 0 N–H and O–H groups in total. The zero-order valence-corrected chi connectivity index (χ0v) is 14.3. The number of halogens is 1. The highest BCUT2D eigenvalue weighted by molar-refractivity contribution is 5.94. The van der Waals surface area contributed by atoms with E-state index in [0.717, 1.165) is 37.8 Å². The minimum atomic E-state index is -0.612. The van der Waals surface area contributed by atoms with Gasteiger partial charge in [0, 0.05) is 32.0 Å². The standard InChI is InChI=1S/C18H20FN5O2/c19-14-11-20-5-3-13(14)17(25)24-9-10-26-16(12-24)15-4-6-21-18(22-15)23-7-1-2-8-23/h3-6,11,16H,1-2,7-10,12H2/t16-/m1/s1. The van der Waals surface area contributed by atoms with Gasteiger partial charge in [-0.2, -0.15) is 0 Å². The molecule has 26 heavy (non-hydrogen) atoms. The number of anilines is 1. The normalized spacial score (nSPS) is 20.4. The number of morpholine rings is 1. The first-order chi connectivity index (χ1) is 12.7. The van der Waals surface area contributed by atoms with Gasteiger partial charge in [-0.3, -0.25) is 9.78 Å². The highest BCUT2D eigenvalue weighted by Crippen LogP contribution is 2.24. The van der Waals surface area contributed by atoms with Crippen molar-refractivity contribution in [3.8, 4) is 0 Å². The number of carbonyl (C=O) groups is 1. The molecule has 2 aromatic heterocycles. The number of hydrogen-bond acceptors (Lipinski definition) is 6. The number of nitrogens with zero attached hydrogens (tertiary/aromatic N) is 5. The first-order valence-electron chi connectivity index (χ1n) is 8.80. The molecule has 4 heterocycles. The van der Waals surface area contributed by atoms with Crippen LogP contribution in [0.5, 0.6) is 0 Å². The third-order valence-electron chi connectivity index (χ3n) is 4.74. The molecule has 0 aliphatic carbocycles. The maximum Gasteiger partial charge on any atom is 0.257 e. The number of amides is 1. The smallest absolute Gasteiger partial charge is 0.257 e. The Kier molecular flexibility index (Phi) is 4.75. The molecule has 0 radical (unpaired) electrons. The number of rotatable bonds is 3. The number of ether oxygens (including phenoxy) is 1. The zero-order chi connectivity index (χ0) is 17.9. The minimum absolute atomic E-state index is 0.0288. The van der Waals surface area contributed by atoms with Gasteiger partial charge in [-0.1, -0.05) is 0 Å². The van der Waals surface area contributed by atoms with E-state index in [1.54, 1.807) is 11.1 Å². The summed E-state index contributed by atoms with van der Waals surface area (Å²) in [7, 11) is 0. The van der Waals surface area contributed by atoms with Crippen molar-refractivity contribution in [3.05, 3.63) is 47.8 Å². The van der Waals surface area contributed by atoms with Crippen LogP contribution < -0.4 is 4.90 Å². The minimum Gasteiger partial charge on any atom is -0.368 e. The van der Waals surface area contributed by atoms with Gasteiger partial charge in [0.25, 0.3) is 5.91 Å². The van der Waals surface area contributed by atoms with Gasteiger partial charge in [-0.05, 0) is 25.0 Å². The highest BCUT2D eigenvalue weighted by Gasteiger charge is 2.29. The Balaban J connectivity index is 1.51. The van der Waals surface area contributed by atoms with E-state index in [-0.39, 0.29) is 17.6 Å². The lowest BCUT2D eigenvalue weighted by Gasteiger charge is -2.33.